The summed E-state index contributed by atoms with van der Waals surface area (Å²) in [5.41, 5.74) is 1.87. The Morgan fingerprint density at radius 2 is 2.11 bits per heavy atom. The van der Waals surface area contributed by atoms with Crippen LogP contribution >= 0.6 is 11.6 Å². The van der Waals surface area contributed by atoms with Crippen molar-refractivity contribution in [3.05, 3.63) is 46.2 Å². The van der Waals surface area contributed by atoms with E-state index in [0.29, 0.717) is 23.4 Å². The number of carbonyl (C=O) groups excluding carboxylic acids is 1. The maximum atomic E-state index is 10.9. The van der Waals surface area contributed by atoms with E-state index >= 15 is 0 Å². The van der Waals surface area contributed by atoms with Gasteiger partial charge in [0.2, 0.25) is 0 Å². The van der Waals surface area contributed by atoms with Crippen molar-refractivity contribution >= 4 is 17.9 Å². The third-order valence-electron chi connectivity index (χ3n) is 2.48. The number of nitrogens with zero attached hydrogens (tertiary/aromatic N) is 4. The van der Waals surface area contributed by atoms with Gasteiger partial charge in [-0.2, -0.15) is 5.26 Å². The van der Waals surface area contributed by atoms with Crippen molar-refractivity contribution in [2.75, 3.05) is 0 Å². The molecule has 0 fully saturated rings. The number of benzene rings is 1. The lowest BCUT2D eigenvalue weighted by Crippen LogP contribution is -2.05. The average Bonchev–Trinajstić information content (AvgIpc) is 2.75. The Hall–Kier alpha value is -2.19. The van der Waals surface area contributed by atoms with Gasteiger partial charge in [0.05, 0.1) is 11.8 Å². The van der Waals surface area contributed by atoms with Crippen LogP contribution in [-0.2, 0) is 13.0 Å². The number of nitriles is 1. The van der Waals surface area contributed by atoms with Crippen LogP contribution in [0.2, 0.25) is 5.02 Å². The predicted octanol–water partition coefficient (Wildman–Crippen LogP) is 1.86. The third kappa shape index (κ3) is 2.55. The van der Waals surface area contributed by atoms with Gasteiger partial charge >= 0.3 is 0 Å². The van der Waals surface area contributed by atoms with Gasteiger partial charge in [-0.1, -0.05) is 28.9 Å². The fourth-order valence-corrected chi connectivity index (χ4v) is 1.74. The number of carbonyl (C=O) groups is 1. The van der Waals surface area contributed by atoms with Crippen molar-refractivity contribution in [1.29, 1.82) is 5.26 Å². The van der Waals surface area contributed by atoms with Crippen molar-refractivity contribution < 1.29 is 4.79 Å². The molecule has 1 aromatic heterocycles. The van der Waals surface area contributed by atoms with Crippen LogP contribution in [0.4, 0.5) is 0 Å². The standard InChI is InChI=1S/C12H9ClN4O/c13-10-3-1-9(2-4-10)7-12-11(8-18)15-16-17(12)6-5-14/h1-4,8H,6-7H2. The zero-order chi connectivity index (χ0) is 13.0. The molecule has 0 aliphatic rings. The Kier molecular flexibility index (Phi) is 3.70. The second-order valence-electron chi connectivity index (χ2n) is 3.66. The molecule has 0 aliphatic carbocycles. The van der Waals surface area contributed by atoms with E-state index < -0.39 is 0 Å². The molecule has 0 bridgehead atoms. The molecule has 0 radical (unpaired) electrons. The molecule has 0 saturated heterocycles. The van der Waals surface area contributed by atoms with Crippen LogP contribution in [0.1, 0.15) is 21.7 Å². The second-order valence-corrected chi connectivity index (χ2v) is 4.09. The highest BCUT2D eigenvalue weighted by atomic mass is 35.5. The van der Waals surface area contributed by atoms with E-state index in [9.17, 15) is 4.79 Å². The lowest BCUT2D eigenvalue weighted by Gasteiger charge is -2.03. The molecule has 0 spiro atoms. The van der Waals surface area contributed by atoms with Crippen LogP contribution in [0.25, 0.3) is 0 Å². The molecule has 5 nitrogen and oxygen atoms in total. The van der Waals surface area contributed by atoms with Gasteiger partial charge in [-0.3, -0.25) is 4.79 Å². The summed E-state index contributed by atoms with van der Waals surface area (Å²) in [6.45, 7) is 0.0732. The van der Waals surface area contributed by atoms with Crippen LogP contribution in [0.3, 0.4) is 0 Å². The largest absolute Gasteiger partial charge is 0.296 e. The molecular weight excluding hydrogens is 252 g/mol. The van der Waals surface area contributed by atoms with E-state index in [1.54, 1.807) is 12.1 Å². The third-order valence-corrected chi connectivity index (χ3v) is 2.74. The Balaban J connectivity index is 2.32. The molecule has 2 rings (SSSR count). The Bertz CT molecular complexity index is 598. The minimum Gasteiger partial charge on any atom is -0.296 e. The molecule has 1 heterocycles. The van der Waals surface area contributed by atoms with E-state index in [2.05, 4.69) is 10.3 Å². The number of aldehydes is 1. The lowest BCUT2D eigenvalue weighted by atomic mass is 10.1. The van der Waals surface area contributed by atoms with Gasteiger partial charge < -0.3 is 0 Å². The average molecular weight is 261 g/mol. The van der Waals surface area contributed by atoms with Crippen molar-refractivity contribution in [3.8, 4) is 6.07 Å². The minimum atomic E-state index is 0.0732. The Morgan fingerprint density at radius 1 is 1.39 bits per heavy atom. The fraction of sp³-hybridized carbons (Fsp3) is 0.167. The number of hydrogen-bond acceptors (Lipinski definition) is 4. The Morgan fingerprint density at radius 3 is 2.72 bits per heavy atom. The van der Waals surface area contributed by atoms with Gasteiger partial charge in [0, 0.05) is 11.4 Å². The van der Waals surface area contributed by atoms with Crippen LogP contribution in [0.5, 0.6) is 0 Å². The second kappa shape index (κ2) is 5.43. The zero-order valence-corrected chi connectivity index (χ0v) is 10.1. The van der Waals surface area contributed by atoms with Crippen molar-refractivity contribution in [2.24, 2.45) is 0 Å². The van der Waals surface area contributed by atoms with Crippen molar-refractivity contribution in [3.63, 3.8) is 0 Å². The molecule has 6 heteroatoms. The van der Waals surface area contributed by atoms with E-state index in [4.69, 9.17) is 16.9 Å². The first kappa shape index (κ1) is 12.3. The van der Waals surface area contributed by atoms with Crippen molar-refractivity contribution in [2.45, 2.75) is 13.0 Å². The molecule has 1 aromatic carbocycles. The lowest BCUT2D eigenvalue weighted by molar-refractivity contribution is 0.111. The van der Waals surface area contributed by atoms with E-state index in [1.807, 2.05) is 18.2 Å². The molecule has 0 aliphatic heterocycles. The molecule has 2 aromatic rings. The summed E-state index contributed by atoms with van der Waals surface area (Å²) in [4.78, 5) is 10.9. The van der Waals surface area contributed by atoms with Crippen molar-refractivity contribution in [1.82, 2.24) is 15.0 Å². The van der Waals surface area contributed by atoms with Gasteiger partial charge in [-0.15, -0.1) is 5.10 Å². The summed E-state index contributed by atoms with van der Waals surface area (Å²) in [6, 6.07) is 9.25. The van der Waals surface area contributed by atoms with Crippen LogP contribution in [0, 0.1) is 11.3 Å². The van der Waals surface area contributed by atoms with Gasteiger partial charge in [0.15, 0.2) is 6.29 Å². The molecule has 0 N–H and O–H groups in total. The van der Waals surface area contributed by atoms with E-state index in [1.165, 1.54) is 4.68 Å². The fourth-order valence-electron chi connectivity index (χ4n) is 1.61. The number of halogens is 1. The van der Waals surface area contributed by atoms with Crippen LogP contribution in [0.15, 0.2) is 24.3 Å². The summed E-state index contributed by atoms with van der Waals surface area (Å²) in [6.07, 6.45) is 1.13. The monoisotopic (exact) mass is 260 g/mol. The van der Waals surface area contributed by atoms with E-state index in [-0.39, 0.29) is 12.2 Å². The molecule has 0 unspecified atom stereocenters. The maximum Gasteiger partial charge on any atom is 0.172 e. The highest BCUT2D eigenvalue weighted by Crippen LogP contribution is 2.14. The minimum absolute atomic E-state index is 0.0732. The van der Waals surface area contributed by atoms with Gasteiger partial charge in [-0.25, -0.2) is 4.68 Å². The summed E-state index contributed by atoms with van der Waals surface area (Å²) < 4.78 is 1.43. The zero-order valence-electron chi connectivity index (χ0n) is 9.38. The predicted molar refractivity (Wildman–Crippen MR) is 65.3 cm³/mol. The van der Waals surface area contributed by atoms with E-state index in [0.717, 1.165) is 5.56 Å². The first-order valence-electron chi connectivity index (χ1n) is 5.23. The van der Waals surface area contributed by atoms with Gasteiger partial charge in [-0.05, 0) is 17.7 Å². The van der Waals surface area contributed by atoms with Gasteiger partial charge in [0.1, 0.15) is 12.2 Å². The number of hydrogen-bond donors (Lipinski definition) is 0. The topological polar surface area (TPSA) is 71.6 Å². The number of aromatic nitrogens is 3. The summed E-state index contributed by atoms with van der Waals surface area (Å²) in [5, 5.41) is 16.8. The van der Waals surface area contributed by atoms with Crippen LogP contribution < -0.4 is 0 Å². The highest BCUT2D eigenvalue weighted by Gasteiger charge is 2.12. The molecule has 18 heavy (non-hydrogen) atoms. The van der Waals surface area contributed by atoms with Gasteiger partial charge in [0.25, 0.3) is 0 Å². The summed E-state index contributed by atoms with van der Waals surface area (Å²) in [7, 11) is 0. The molecule has 0 saturated carbocycles. The quantitative estimate of drug-likeness (QED) is 0.787. The molecule has 0 atom stereocenters. The first-order chi connectivity index (χ1) is 8.74. The molecule has 0 amide bonds. The number of rotatable bonds is 4. The normalized spacial score (nSPS) is 10.0. The molecule has 90 valence electrons. The van der Waals surface area contributed by atoms with Crippen LogP contribution in [-0.4, -0.2) is 21.3 Å². The smallest absolute Gasteiger partial charge is 0.172 e. The summed E-state index contributed by atoms with van der Waals surface area (Å²) in [5.74, 6) is 0. The highest BCUT2D eigenvalue weighted by molar-refractivity contribution is 6.30. The summed E-state index contributed by atoms with van der Waals surface area (Å²) >= 11 is 5.80. The maximum absolute atomic E-state index is 10.9. The first-order valence-corrected chi connectivity index (χ1v) is 5.61. The SMILES string of the molecule is N#CCn1nnc(C=O)c1Cc1ccc(Cl)cc1. The molecular formula is C12H9ClN4O. The Labute approximate surface area is 109 Å².